The Morgan fingerprint density at radius 2 is 2.00 bits per heavy atom. The molecule has 0 spiro atoms. The summed E-state index contributed by atoms with van der Waals surface area (Å²) in [6.07, 6.45) is 2.07. The molecule has 1 amide bonds. The minimum atomic E-state index is -0.308. The van der Waals surface area contributed by atoms with Crippen molar-refractivity contribution in [3.63, 3.8) is 0 Å². The predicted octanol–water partition coefficient (Wildman–Crippen LogP) is 1.99. The van der Waals surface area contributed by atoms with E-state index in [1.165, 1.54) is 5.56 Å². The predicted molar refractivity (Wildman–Crippen MR) is 65.9 cm³/mol. The molecule has 1 aromatic carbocycles. The molecule has 0 bridgehead atoms. The van der Waals surface area contributed by atoms with E-state index in [0.717, 1.165) is 12.8 Å². The highest BCUT2D eigenvalue weighted by Crippen LogP contribution is 2.18. The number of primary amides is 1. The van der Waals surface area contributed by atoms with Crippen molar-refractivity contribution in [2.24, 2.45) is 5.73 Å². The van der Waals surface area contributed by atoms with Gasteiger partial charge in [0.15, 0.2) is 0 Å². The van der Waals surface area contributed by atoms with E-state index in [4.69, 9.17) is 5.73 Å². The number of carbonyl (C=O) groups excluding carboxylic acids is 1. The van der Waals surface area contributed by atoms with Crippen molar-refractivity contribution in [2.45, 2.75) is 38.8 Å². The summed E-state index contributed by atoms with van der Waals surface area (Å²) in [6, 6.07) is 10.1. The zero-order chi connectivity index (χ0) is 12.0. The van der Waals surface area contributed by atoms with Crippen LogP contribution in [-0.4, -0.2) is 11.9 Å². The summed E-state index contributed by atoms with van der Waals surface area (Å²) < 4.78 is 0. The highest BCUT2D eigenvalue weighted by Gasteiger charge is 2.16. The summed E-state index contributed by atoms with van der Waals surface area (Å²) >= 11 is 0. The van der Waals surface area contributed by atoms with Crippen molar-refractivity contribution >= 4 is 5.91 Å². The smallest absolute Gasteiger partial charge is 0.234 e. The lowest BCUT2D eigenvalue weighted by molar-refractivity contribution is -0.119. The summed E-state index contributed by atoms with van der Waals surface area (Å²) in [6.45, 7) is 3.93. The molecule has 3 heteroatoms. The van der Waals surface area contributed by atoms with E-state index in [-0.39, 0.29) is 18.0 Å². The lowest BCUT2D eigenvalue weighted by Gasteiger charge is -2.21. The molecule has 88 valence electrons. The molecule has 0 aliphatic carbocycles. The Morgan fingerprint density at radius 1 is 1.38 bits per heavy atom. The number of benzene rings is 1. The van der Waals surface area contributed by atoms with Crippen LogP contribution in [0.2, 0.25) is 0 Å². The first-order valence-electron chi connectivity index (χ1n) is 5.75. The molecule has 0 saturated carbocycles. The van der Waals surface area contributed by atoms with Crippen LogP contribution in [0.25, 0.3) is 0 Å². The van der Waals surface area contributed by atoms with Gasteiger partial charge in [0, 0.05) is 6.04 Å². The molecule has 0 aliphatic heterocycles. The molecule has 0 fully saturated rings. The highest BCUT2D eigenvalue weighted by molar-refractivity contribution is 5.79. The Balaban J connectivity index is 2.72. The Labute approximate surface area is 97.0 Å². The van der Waals surface area contributed by atoms with Gasteiger partial charge in [-0.1, -0.05) is 43.7 Å². The van der Waals surface area contributed by atoms with Crippen LogP contribution in [0.3, 0.4) is 0 Å². The van der Waals surface area contributed by atoms with Crippen molar-refractivity contribution in [3.8, 4) is 0 Å². The molecule has 2 atom stereocenters. The highest BCUT2D eigenvalue weighted by atomic mass is 16.1. The normalized spacial score (nSPS) is 14.4. The van der Waals surface area contributed by atoms with E-state index in [1.54, 1.807) is 6.92 Å². The fourth-order valence-corrected chi connectivity index (χ4v) is 1.70. The largest absolute Gasteiger partial charge is 0.368 e. The van der Waals surface area contributed by atoms with Crippen molar-refractivity contribution in [2.75, 3.05) is 0 Å². The van der Waals surface area contributed by atoms with Crippen LogP contribution in [0.4, 0.5) is 0 Å². The average Bonchev–Trinajstić information content (AvgIpc) is 2.29. The van der Waals surface area contributed by atoms with Crippen molar-refractivity contribution in [3.05, 3.63) is 35.9 Å². The zero-order valence-electron chi connectivity index (χ0n) is 9.94. The maximum atomic E-state index is 11.0. The third-order valence-corrected chi connectivity index (χ3v) is 2.66. The summed E-state index contributed by atoms with van der Waals surface area (Å²) in [5, 5.41) is 3.26. The number of carbonyl (C=O) groups is 1. The number of rotatable bonds is 6. The van der Waals surface area contributed by atoms with Gasteiger partial charge in [0.05, 0.1) is 6.04 Å². The molecule has 0 heterocycles. The molecule has 1 aromatic rings. The van der Waals surface area contributed by atoms with Gasteiger partial charge in [-0.15, -0.1) is 0 Å². The Bertz CT molecular complexity index is 324. The van der Waals surface area contributed by atoms with E-state index in [0.29, 0.717) is 0 Å². The van der Waals surface area contributed by atoms with Crippen molar-refractivity contribution in [1.29, 1.82) is 0 Å². The molecule has 2 unspecified atom stereocenters. The van der Waals surface area contributed by atoms with Gasteiger partial charge in [0.2, 0.25) is 5.91 Å². The average molecular weight is 220 g/mol. The third kappa shape index (κ3) is 3.66. The molecule has 3 nitrogen and oxygen atoms in total. The number of hydrogen-bond donors (Lipinski definition) is 2. The first-order valence-corrected chi connectivity index (χ1v) is 5.75. The Kier molecular flexibility index (Phi) is 4.99. The Hall–Kier alpha value is -1.35. The number of nitrogens with two attached hydrogens (primary N) is 1. The van der Waals surface area contributed by atoms with Gasteiger partial charge >= 0.3 is 0 Å². The summed E-state index contributed by atoms with van der Waals surface area (Å²) in [5.74, 6) is -0.308. The van der Waals surface area contributed by atoms with E-state index in [9.17, 15) is 4.79 Å². The fraction of sp³-hybridized carbons (Fsp3) is 0.462. The van der Waals surface area contributed by atoms with Gasteiger partial charge < -0.3 is 5.73 Å². The number of hydrogen-bond acceptors (Lipinski definition) is 2. The van der Waals surface area contributed by atoms with Crippen LogP contribution in [-0.2, 0) is 4.79 Å². The molecule has 3 N–H and O–H groups in total. The number of nitrogens with one attached hydrogen (secondary N) is 1. The molecule has 0 aromatic heterocycles. The maximum Gasteiger partial charge on any atom is 0.234 e. The lowest BCUT2D eigenvalue weighted by Crippen LogP contribution is -2.40. The van der Waals surface area contributed by atoms with Crippen molar-refractivity contribution in [1.82, 2.24) is 5.32 Å². The van der Waals surface area contributed by atoms with Gasteiger partial charge in [-0.3, -0.25) is 10.1 Å². The van der Waals surface area contributed by atoms with E-state index >= 15 is 0 Å². The van der Waals surface area contributed by atoms with Crippen LogP contribution in [0.5, 0.6) is 0 Å². The van der Waals surface area contributed by atoms with Crippen LogP contribution >= 0.6 is 0 Å². The molecule has 1 rings (SSSR count). The van der Waals surface area contributed by atoms with Crippen LogP contribution < -0.4 is 11.1 Å². The second kappa shape index (κ2) is 6.28. The summed E-state index contributed by atoms with van der Waals surface area (Å²) in [7, 11) is 0. The van der Waals surface area contributed by atoms with Gasteiger partial charge in [-0.2, -0.15) is 0 Å². The quantitative estimate of drug-likeness (QED) is 0.770. The standard InChI is InChI=1S/C13H20N2O/c1-3-7-12(15-10(2)13(14)16)11-8-5-4-6-9-11/h4-6,8-10,12,15H,3,7H2,1-2H3,(H2,14,16). The Morgan fingerprint density at radius 3 is 2.50 bits per heavy atom. The minimum Gasteiger partial charge on any atom is -0.368 e. The van der Waals surface area contributed by atoms with Crippen molar-refractivity contribution < 1.29 is 4.79 Å². The number of amides is 1. The fourth-order valence-electron chi connectivity index (χ4n) is 1.70. The third-order valence-electron chi connectivity index (χ3n) is 2.66. The molecule has 16 heavy (non-hydrogen) atoms. The molecule has 0 saturated heterocycles. The zero-order valence-corrected chi connectivity index (χ0v) is 9.94. The topological polar surface area (TPSA) is 55.1 Å². The molecule has 0 aliphatic rings. The lowest BCUT2D eigenvalue weighted by atomic mass is 10.0. The van der Waals surface area contributed by atoms with Gasteiger partial charge in [0.1, 0.15) is 0 Å². The van der Waals surface area contributed by atoms with E-state index < -0.39 is 0 Å². The van der Waals surface area contributed by atoms with E-state index in [1.807, 2.05) is 18.2 Å². The SMILES string of the molecule is CCCC(NC(C)C(N)=O)c1ccccc1. The molecular formula is C13H20N2O. The summed E-state index contributed by atoms with van der Waals surface area (Å²) in [4.78, 5) is 11.0. The molecular weight excluding hydrogens is 200 g/mol. The van der Waals surface area contributed by atoms with Gasteiger partial charge in [-0.25, -0.2) is 0 Å². The maximum absolute atomic E-state index is 11.0. The first kappa shape index (κ1) is 12.7. The van der Waals surface area contributed by atoms with Gasteiger partial charge in [-0.05, 0) is 18.9 Å². The monoisotopic (exact) mass is 220 g/mol. The second-order valence-electron chi connectivity index (χ2n) is 4.04. The first-order chi connectivity index (χ1) is 7.65. The van der Waals surface area contributed by atoms with Crippen LogP contribution in [0.1, 0.15) is 38.3 Å². The summed E-state index contributed by atoms with van der Waals surface area (Å²) in [5.41, 5.74) is 6.46. The van der Waals surface area contributed by atoms with Crippen LogP contribution in [0.15, 0.2) is 30.3 Å². The minimum absolute atomic E-state index is 0.202. The second-order valence-corrected chi connectivity index (χ2v) is 4.04. The molecule has 0 radical (unpaired) electrons. The van der Waals surface area contributed by atoms with Gasteiger partial charge in [0.25, 0.3) is 0 Å². The van der Waals surface area contributed by atoms with E-state index in [2.05, 4.69) is 24.4 Å². The van der Waals surface area contributed by atoms with Crippen LogP contribution in [0, 0.1) is 0 Å².